The smallest absolute Gasteiger partial charge is 0.263 e. The Balaban J connectivity index is 1.65. The summed E-state index contributed by atoms with van der Waals surface area (Å²) >= 11 is 0. The molecule has 0 aliphatic carbocycles. The SMILES string of the molecule is COc1ccc(/C(C)=N\NC(=O)Cn2nnc(-c3ccccc3)n2)c(OC)c1. The number of nitrogens with one attached hydrogen (secondary N) is 1. The molecule has 2 aromatic carbocycles. The van der Waals surface area contributed by atoms with Crippen LogP contribution in [-0.2, 0) is 11.3 Å². The van der Waals surface area contributed by atoms with Crippen molar-refractivity contribution in [2.45, 2.75) is 13.5 Å². The van der Waals surface area contributed by atoms with Crippen molar-refractivity contribution in [2.24, 2.45) is 5.10 Å². The summed E-state index contributed by atoms with van der Waals surface area (Å²) in [5.41, 5.74) is 4.65. The third-order valence-electron chi connectivity index (χ3n) is 3.92. The Bertz CT molecular complexity index is 984. The van der Waals surface area contributed by atoms with E-state index in [1.807, 2.05) is 36.4 Å². The van der Waals surface area contributed by atoms with Crippen molar-refractivity contribution in [1.29, 1.82) is 0 Å². The number of carbonyl (C=O) groups is 1. The summed E-state index contributed by atoms with van der Waals surface area (Å²) in [5, 5.41) is 16.2. The summed E-state index contributed by atoms with van der Waals surface area (Å²) in [4.78, 5) is 13.4. The number of amides is 1. The average Bonchev–Trinajstić information content (AvgIpc) is 3.20. The maximum atomic E-state index is 12.2. The zero-order valence-electron chi connectivity index (χ0n) is 15.8. The lowest BCUT2D eigenvalue weighted by Gasteiger charge is -2.10. The van der Waals surface area contributed by atoms with E-state index in [1.54, 1.807) is 33.3 Å². The second-order valence-corrected chi connectivity index (χ2v) is 5.81. The van der Waals surface area contributed by atoms with Crippen molar-refractivity contribution >= 4 is 11.6 Å². The highest BCUT2D eigenvalue weighted by Crippen LogP contribution is 2.25. The molecule has 0 saturated carbocycles. The minimum atomic E-state index is -0.371. The number of hydrogen-bond acceptors (Lipinski definition) is 7. The maximum absolute atomic E-state index is 12.2. The minimum Gasteiger partial charge on any atom is -0.497 e. The fourth-order valence-electron chi connectivity index (χ4n) is 2.48. The van der Waals surface area contributed by atoms with Crippen LogP contribution >= 0.6 is 0 Å². The molecule has 144 valence electrons. The molecule has 3 aromatic rings. The molecule has 0 fully saturated rings. The normalized spacial score (nSPS) is 11.2. The van der Waals surface area contributed by atoms with Crippen LogP contribution in [0, 0.1) is 0 Å². The molecule has 0 saturated heterocycles. The van der Waals surface area contributed by atoms with Crippen molar-refractivity contribution in [2.75, 3.05) is 14.2 Å². The molecule has 0 bridgehead atoms. The number of nitrogens with zero attached hydrogens (tertiary/aromatic N) is 5. The van der Waals surface area contributed by atoms with Crippen LogP contribution in [-0.4, -0.2) is 46.0 Å². The fraction of sp³-hybridized carbons (Fsp3) is 0.211. The molecule has 1 aromatic heterocycles. The first kappa shape index (κ1) is 19.0. The van der Waals surface area contributed by atoms with Crippen LogP contribution in [0.1, 0.15) is 12.5 Å². The van der Waals surface area contributed by atoms with Gasteiger partial charge in [-0.2, -0.15) is 9.90 Å². The van der Waals surface area contributed by atoms with Crippen LogP contribution in [0.25, 0.3) is 11.4 Å². The van der Waals surface area contributed by atoms with E-state index in [4.69, 9.17) is 9.47 Å². The van der Waals surface area contributed by atoms with E-state index < -0.39 is 0 Å². The third-order valence-corrected chi connectivity index (χ3v) is 3.92. The van der Waals surface area contributed by atoms with Crippen LogP contribution in [0.15, 0.2) is 53.6 Å². The summed E-state index contributed by atoms with van der Waals surface area (Å²) in [6, 6.07) is 14.8. The van der Waals surface area contributed by atoms with E-state index in [2.05, 4.69) is 25.9 Å². The minimum absolute atomic E-state index is 0.101. The predicted molar refractivity (Wildman–Crippen MR) is 103 cm³/mol. The maximum Gasteiger partial charge on any atom is 0.263 e. The van der Waals surface area contributed by atoms with Crippen LogP contribution < -0.4 is 14.9 Å². The van der Waals surface area contributed by atoms with Gasteiger partial charge in [-0.25, -0.2) is 5.43 Å². The number of benzene rings is 2. The zero-order chi connectivity index (χ0) is 19.9. The van der Waals surface area contributed by atoms with Gasteiger partial charge in [0.2, 0.25) is 5.82 Å². The number of rotatable bonds is 7. The third kappa shape index (κ3) is 4.50. The van der Waals surface area contributed by atoms with Gasteiger partial charge in [0.05, 0.1) is 19.9 Å². The molecular formula is C19H20N6O3. The summed E-state index contributed by atoms with van der Waals surface area (Å²) in [6.45, 7) is 1.67. The second-order valence-electron chi connectivity index (χ2n) is 5.81. The van der Waals surface area contributed by atoms with E-state index >= 15 is 0 Å². The van der Waals surface area contributed by atoms with Gasteiger partial charge in [-0.3, -0.25) is 4.79 Å². The first-order valence-electron chi connectivity index (χ1n) is 8.49. The summed E-state index contributed by atoms with van der Waals surface area (Å²) in [7, 11) is 3.14. The number of ether oxygens (including phenoxy) is 2. The number of tetrazole rings is 1. The highest BCUT2D eigenvalue weighted by atomic mass is 16.5. The van der Waals surface area contributed by atoms with Gasteiger partial charge in [-0.1, -0.05) is 30.3 Å². The first-order valence-corrected chi connectivity index (χ1v) is 8.49. The second kappa shape index (κ2) is 8.76. The number of carbonyl (C=O) groups excluding carboxylic acids is 1. The lowest BCUT2D eigenvalue weighted by Crippen LogP contribution is -2.25. The molecule has 28 heavy (non-hydrogen) atoms. The Morgan fingerprint density at radius 2 is 1.93 bits per heavy atom. The molecule has 0 aliphatic rings. The van der Waals surface area contributed by atoms with Crippen molar-refractivity contribution in [1.82, 2.24) is 25.6 Å². The van der Waals surface area contributed by atoms with E-state index in [0.717, 1.165) is 11.1 Å². The Kier molecular flexibility index (Phi) is 5.95. The standard InChI is InChI=1S/C19H20N6O3/c1-13(16-10-9-15(27-2)11-17(16)28-3)20-21-18(26)12-25-23-19(22-24-25)14-7-5-4-6-8-14/h4-11H,12H2,1-3H3,(H,21,26)/b20-13-. The molecular weight excluding hydrogens is 360 g/mol. The summed E-state index contributed by atoms with van der Waals surface area (Å²) < 4.78 is 10.5. The molecule has 3 rings (SSSR count). The Morgan fingerprint density at radius 1 is 1.14 bits per heavy atom. The van der Waals surface area contributed by atoms with Crippen LogP contribution in [0.2, 0.25) is 0 Å². The van der Waals surface area contributed by atoms with Gasteiger partial charge in [0.25, 0.3) is 5.91 Å². The Morgan fingerprint density at radius 3 is 2.64 bits per heavy atom. The van der Waals surface area contributed by atoms with Crippen molar-refractivity contribution in [3.05, 3.63) is 54.1 Å². The van der Waals surface area contributed by atoms with Crippen LogP contribution in [0.5, 0.6) is 11.5 Å². The molecule has 1 heterocycles. The molecule has 0 unspecified atom stereocenters. The van der Waals surface area contributed by atoms with Crippen LogP contribution in [0.3, 0.4) is 0 Å². The number of hydrogen-bond donors (Lipinski definition) is 1. The fourth-order valence-corrected chi connectivity index (χ4v) is 2.48. The molecule has 0 atom stereocenters. The predicted octanol–water partition coefficient (Wildman–Crippen LogP) is 1.90. The Labute approximate surface area is 162 Å². The van der Waals surface area contributed by atoms with Crippen LogP contribution in [0.4, 0.5) is 0 Å². The highest BCUT2D eigenvalue weighted by Gasteiger charge is 2.11. The van der Waals surface area contributed by atoms with Gasteiger partial charge in [0.1, 0.15) is 18.0 Å². The quantitative estimate of drug-likeness (QED) is 0.496. The van der Waals surface area contributed by atoms with Gasteiger partial charge in [0, 0.05) is 17.2 Å². The Hall–Kier alpha value is -3.75. The molecule has 0 aliphatic heterocycles. The van der Waals surface area contributed by atoms with E-state index in [1.165, 1.54) is 4.80 Å². The van der Waals surface area contributed by atoms with E-state index in [-0.39, 0.29) is 12.5 Å². The number of aromatic nitrogens is 4. The van der Waals surface area contributed by atoms with Gasteiger partial charge < -0.3 is 9.47 Å². The number of hydrazone groups is 1. The largest absolute Gasteiger partial charge is 0.497 e. The van der Waals surface area contributed by atoms with Gasteiger partial charge >= 0.3 is 0 Å². The molecule has 0 radical (unpaired) electrons. The monoisotopic (exact) mass is 380 g/mol. The molecule has 1 N–H and O–H groups in total. The van der Waals surface area contributed by atoms with Crippen molar-refractivity contribution < 1.29 is 14.3 Å². The lowest BCUT2D eigenvalue weighted by molar-refractivity contribution is -0.122. The highest BCUT2D eigenvalue weighted by molar-refractivity contribution is 6.01. The first-order chi connectivity index (χ1) is 13.6. The summed E-state index contributed by atoms with van der Waals surface area (Å²) in [5.74, 6) is 1.35. The van der Waals surface area contributed by atoms with E-state index in [0.29, 0.717) is 23.0 Å². The zero-order valence-corrected chi connectivity index (χ0v) is 15.8. The van der Waals surface area contributed by atoms with Gasteiger partial charge in [-0.05, 0) is 24.3 Å². The van der Waals surface area contributed by atoms with Crippen molar-refractivity contribution in [3.8, 4) is 22.9 Å². The molecule has 9 nitrogen and oxygen atoms in total. The lowest BCUT2D eigenvalue weighted by atomic mass is 10.1. The summed E-state index contributed by atoms with van der Waals surface area (Å²) in [6.07, 6.45) is 0. The molecule has 0 spiro atoms. The molecule has 1 amide bonds. The topological polar surface area (TPSA) is 104 Å². The molecule has 9 heteroatoms. The average molecular weight is 380 g/mol. The van der Waals surface area contributed by atoms with Gasteiger partial charge in [-0.15, -0.1) is 10.2 Å². The number of methoxy groups -OCH3 is 2. The van der Waals surface area contributed by atoms with E-state index in [9.17, 15) is 4.79 Å². The van der Waals surface area contributed by atoms with Gasteiger partial charge in [0.15, 0.2) is 0 Å². The van der Waals surface area contributed by atoms with Crippen molar-refractivity contribution in [3.63, 3.8) is 0 Å².